The smallest absolute Gasteiger partial charge is 0.325 e. The van der Waals surface area contributed by atoms with Crippen LogP contribution in [-0.4, -0.2) is 36.2 Å². The Bertz CT molecular complexity index is 259. The summed E-state index contributed by atoms with van der Waals surface area (Å²) in [6, 6.07) is 0. The van der Waals surface area contributed by atoms with Gasteiger partial charge in [0.1, 0.15) is 5.54 Å². The quantitative estimate of drug-likeness (QED) is 0.493. The first kappa shape index (κ1) is 18.8. The monoisotopic (exact) mass is 289 g/mol. The molecule has 0 fully saturated rings. The number of esters is 1. The molecule has 1 N–H and O–H groups in total. The van der Waals surface area contributed by atoms with Crippen molar-refractivity contribution in [3.05, 3.63) is 0 Å². The molecule has 3 nitrogen and oxygen atoms in total. The van der Waals surface area contributed by atoms with E-state index < -0.39 is 5.54 Å². The summed E-state index contributed by atoms with van der Waals surface area (Å²) < 4.78 is 4.89. The van der Waals surface area contributed by atoms with Gasteiger partial charge in [-0.3, -0.25) is 4.79 Å². The summed E-state index contributed by atoms with van der Waals surface area (Å²) >= 11 is 2.03. The molecule has 0 spiro atoms. The Morgan fingerprint density at radius 3 is 2.42 bits per heavy atom. The highest BCUT2D eigenvalue weighted by Gasteiger charge is 2.32. The molecule has 0 saturated heterocycles. The summed E-state index contributed by atoms with van der Waals surface area (Å²) in [4.78, 5) is 11.8. The fourth-order valence-electron chi connectivity index (χ4n) is 1.92. The predicted octanol–water partition coefficient (Wildman–Crippen LogP) is 3.48. The van der Waals surface area contributed by atoms with E-state index in [4.69, 9.17) is 4.74 Å². The van der Waals surface area contributed by atoms with Gasteiger partial charge in [-0.25, -0.2) is 0 Å². The summed E-state index contributed by atoms with van der Waals surface area (Å²) in [6.07, 6.45) is 3.04. The van der Waals surface area contributed by atoms with E-state index in [9.17, 15) is 4.79 Å². The van der Waals surface area contributed by atoms with Crippen molar-refractivity contribution in [2.24, 2.45) is 5.92 Å². The minimum atomic E-state index is -0.530. The van der Waals surface area contributed by atoms with Crippen molar-refractivity contribution in [1.82, 2.24) is 5.32 Å². The van der Waals surface area contributed by atoms with Gasteiger partial charge < -0.3 is 10.1 Å². The number of hydrogen-bond acceptors (Lipinski definition) is 4. The first-order valence-electron chi connectivity index (χ1n) is 7.32. The highest BCUT2D eigenvalue weighted by Crippen LogP contribution is 2.22. The van der Waals surface area contributed by atoms with E-state index in [1.165, 1.54) is 12.9 Å². The number of nitrogens with one attached hydrogen (secondary N) is 1. The molecule has 2 atom stereocenters. The van der Waals surface area contributed by atoms with E-state index in [-0.39, 0.29) is 5.97 Å². The maximum absolute atomic E-state index is 11.8. The Labute approximate surface area is 123 Å². The molecule has 0 amide bonds. The van der Waals surface area contributed by atoms with Gasteiger partial charge in [-0.05, 0) is 38.0 Å². The predicted molar refractivity (Wildman–Crippen MR) is 84.7 cm³/mol. The van der Waals surface area contributed by atoms with Crippen LogP contribution < -0.4 is 5.32 Å². The van der Waals surface area contributed by atoms with Crippen LogP contribution in [0.3, 0.4) is 0 Å². The summed E-state index contributed by atoms with van der Waals surface area (Å²) in [5, 5.41) is 3.96. The number of carbonyl (C=O) groups excluding carboxylic acids is 1. The molecular weight excluding hydrogens is 258 g/mol. The topological polar surface area (TPSA) is 38.3 Å². The third-order valence-corrected chi connectivity index (χ3v) is 5.19. The molecule has 114 valence electrons. The standard InChI is InChI=1S/C15H31NO2S/c1-7-16-15(5,14(17)18-6)10-8-9-11-19-13(4)12(2)3/h12-13,16H,7-11H2,1-6H3. The fraction of sp³-hybridized carbons (Fsp3) is 0.933. The lowest BCUT2D eigenvalue weighted by Gasteiger charge is -2.27. The zero-order chi connectivity index (χ0) is 14.9. The van der Waals surface area contributed by atoms with Crippen LogP contribution in [0.2, 0.25) is 0 Å². The van der Waals surface area contributed by atoms with Gasteiger partial charge in [-0.2, -0.15) is 11.8 Å². The van der Waals surface area contributed by atoms with Crippen LogP contribution in [0.4, 0.5) is 0 Å². The Hall–Kier alpha value is -0.220. The molecule has 0 aromatic rings. The van der Waals surface area contributed by atoms with Crippen LogP contribution in [0.1, 0.15) is 53.9 Å². The number of ether oxygens (including phenoxy) is 1. The molecule has 0 heterocycles. The summed E-state index contributed by atoms with van der Waals surface area (Å²) in [7, 11) is 1.46. The van der Waals surface area contributed by atoms with Gasteiger partial charge in [-0.1, -0.05) is 34.1 Å². The third-order valence-electron chi connectivity index (χ3n) is 3.59. The van der Waals surface area contributed by atoms with Crippen LogP contribution in [-0.2, 0) is 9.53 Å². The van der Waals surface area contributed by atoms with E-state index in [1.54, 1.807) is 0 Å². The molecule has 19 heavy (non-hydrogen) atoms. The van der Waals surface area contributed by atoms with E-state index in [0.29, 0.717) is 5.25 Å². The number of hydrogen-bond donors (Lipinski definition) is 1. The Morgan fingerprint density at radius 2 is 1.95 bits per heavy atom. The molecule has 2 unspecified atom stereocenters. The second kappa shape index (κ2) is 9.65. The maximum Gasteiger partial charge on any atom is 0.325 e. The number of thioether (sulfide) groups is 1. The van der Waals surface area contributed by atoms with Crippen molar-refractivity contribution in [3.63, 3.8) is 0 Å². The molecule has 0 aromatic carbocycles. The van der Waals surface area contributed by atoms with Crippen LogP contribution in [0.15, 0.2) is 0 Å². The van der Waals surface area contributed by atoms with Crippen LogP contribution in [0.25, 0.3) is 0 Å². The van der Waals surface area contributed by atoms with Crippen molar-refractivity contribution < 1.29 is 9.53 Å². The highest BCUT2D eigenvalue weighted by molar-refractivity contribution is 7.99. The third kappa shape index (κ3) is 7.21. The average Bonchev–Trinajstić information content (AvgIpc) is 2.37. The van der Waals surface area contributed by atoms with Gasteiger partial charge in [-0.15, -0.1) is 0 Å². The molecule has 0 aromatic heterocycles. The molecule has 0 radical (unpaired) electrons. The SMILES string of the molecule is CCNC(C)(CCCCSC(C)C(C)C)C(=O)OC. The minimum Gasteiger partial charge on any atom is -0.468 e. The van der Waals surface area contributed by atoms with Gasteiger partial charge >= 0.3 is 5.97 Å². The summed E-state index contributed by atoms with van der Waals surface area (Å²) in [6.45, 7) is 11.5. The summed E-state index contributed by atoms with van der Waals surface area (Å²) in [5.74, 6) is 1.74. The molecule has 0 bridgehead atoms. The Morgan fingerprint density at radius 1 is 1.32 bits per heavy atom. The molecular formula is C15H31NO2S. The number of unbranched alkanes of at least 4 members (excludes halogenated alkanes) is 1. The van der Waals surface area contributed by atoms with Crippen LogP contribution >= 0.6 is 11.8 Å². The second-order valence-electron chi connectivity index (χ2n) is 5.63. The van der Waals surface area contributed by atoms with Crippen molar-refractivity contribution in [1.29, 1.82) is 0 Å². The molecule has 0 saturated carbocycles. The van der Waals surface area contributed by atoms with Gasteiger partial charge in [0, 0.05) is 5.25 Å². The number of methoxy groups -OCH3 is 1. The molecule has 0 rings (SSSR count). The second-order valence-corrected chi connectivity index (χ2v) is 7.12. The van der Waals surface area contributed by atoms with Gasteiger partial charge in [0.15, 0.2) is 0 Å². The zero-order valence-electron chi connectivity index (χ0n) is 13.4. The maximum atomic E-state index is 11.8. The highest BCUT2D eigenvalue weighted by atomic mass is 32.2. The molecule has 4 heteroatoms. The van der Waals surface area contributed by atoms with Crippen molar-refractivity contribution >= 4 is 17.7 Å². The first-order chi connectivity index (χ1) is 8.87. The largest absolute Gasteiger partial charge is 0.468 e. The fourth-order valence-corrected chi connectivity index (χ4v) is 3.05. The van der Waals surface area contributed by atoms with E-state index in [1.807, 2.05) is 25.6 Å². The lowest BCUT2D eigenvalue weighted by Crippen LogP contribution is -2.50. The van der Waals surface area contributed by atoms with Gasteiger partial charge in [0.2, 0.25) is 0 Å². The van der Waals surface area contributed by atoms with E-state index in [0.717, 1.165) is 31.7 Å². The normalized spacial score (nSPS) is 16.2. The van der Waals surface area contributed by atoms with Crippen molar-refractivity contribution in [2.45, 2.75) is 64.7 Å². The molecule has 0 aliphatic rings. The molecule has 0 aliphatic carbocycles. The van der Waals surface area contributed by atoms with E-state index >= 15 is 0 Å². The number of rotatable bonds is 10. The molecule has 0 aliphatic heterocycles. The van der Waals surface area contributed by atoms with Gasteiger partial charge in [0.25, 0.3) is 0 Å². The Kier molecular flexibility index (Phi) is 9.54. The number of carbonyl (C=O) groups is 1. The Balaban J connectivity index is 3.98. The van der Waals surface area contributed by atoms with E-state index in [2.05, 4.69) is 26.1 Å². The summed E-state index contributed by atoms with van der Waals surface area (Å²) in [5.41, 5.74) is -0.530. The van der Waals surface area contributed by atoms with Crippen molar-refractivity contribution in [3.8, 4) is 0 Å². The zero-order valence-corrected chi connectivity index (χ0v) is 14.2. The minimum absolute atomic E-state index is 0.155. The lowest BCUT2D eigenvalue weighted by atomic mass is 9.95. The average molecular weight is 289 g/mol. The van der Waals surface area contributed by atoms with Crippen molar-refractivity contribution in [2.75, 3.05) is 19.4 Å². The first-order valence-corrected chi connectivity index (χ1v) is 8.37. The van der Waals surface area contributed by atoms with Crippen LogP contribution in [0.5, 0.6) is 0 Å². The lowest BCUT2D eigenvalue weighted by molar-refractivity contribution is -0.148. The number of likely N-dealkylation sites (N-methyl/N-ethyl adjacent to an activating group) is 1. The van der Waals surface area contributed by atoms with Crippen LogP contribution in [0, 0.1) is 5.92 Å². The van der Waals surface area contributed by atoms with Gasteiger partial charge in [0.05, 0.1) is 7.11 Å².